The highest BCUT2D eigenvalue weighted by Gasteiger charge is 2.11. The van der Waals surface area contributed by atoms with E-state index >= 15 is 0 Å². The van der Waals surface area contributed by atoms with Gasteiger partial charge in [0.25, 0.3) is 5.91 Å². The Morgan fingerprint density at radius 2 is 1.76 bits per heavy atom. The van der Waals surface area contributed by atoms with Crippen molar-refractivity contribution in [3.8, 4) is 0 Å². The summed E-state index contributed by atoms with van der Waals surface area (Å²) in [5, 5.41) is 6.46. The largest absolute Gasteiger partial charge is 0.351 e. The number of aryl methyl sites for hydroxylation is 3. The van der Waals surface area contributed by atoms with Gasteiger partial charge in [0.1, 0.15) is 0 Å². The van der Waals surface area contributed by atoms with Crippen molar-refractivity contribution in [2.24, 2.45) is 0 Å². The van der Waals surface area contributed by atoms with E-state index in [0.717, 1.165) is 16.8 Å². The van der Waals surface area contributed by atoms with E-state index in [4.69, 9.17) is 4.52 Å². The number of carbonyl (C=O) groups excluding carboxylic acids is 1. The Morgan fingerprint density at radius 1 is 1.12 bits per heavy atom. The summed E-state index contributed by atoms with van der Waals surface area (Å²) in [6, 6.07) is 7.48. The molecule has 0 unspecified atom stereocenters. The van der Waals surface area contributed by atoms with Crippen LogP contribution in [-0.4, -0.2) is 11.1 Å². The first-order valence-electron chi connectivity index (χ1n) is 5.37. The number of hydrogen-bond donors (Lipinski definition) is 1. The average Bonchev–Trinajstić information content (AvgIpc) is 2.63. The molecule has 0 fully saturated rings. The zero-order chi connectivity index (χ0) is 12.4. The van der Waals surface area contributed by atoms with Crippen LogP contribution in [0.4, 0.5) is 5.69 Å². The molecule has 0 bridgehead atoms. The molecule has 0 spiro atoms. The quantitative estimate of drug-likeness (QED) is 0.863. The number of nitrogens with zero attached hydrogens (tertiary/aromatic N) is 1. The normalized spacial score (nSPS) is 10.3. The molecule has 1 aromatic carbocycles. The second-order valence-corrected chi connectivity index (χ2v) is 4.16. The molecule has 1 aromatic heterocycles. The molecule has 2 rings (SSSR count). The van der Waals surface area contributed by atoms with Gasteiger partial charge < -0.3 is 9.84 Å². The maximum Gasteiger partial charge on any atom is 0.294 e. The number of rotatable bonds is 2. The predicted octanol–water partition coefficient (Wildman–Crippen LogP) is 2.85. The van der Waals surface area contributed by atoms with Crippen LogP contribution in [0.3, 0.4) is 0 Å². The third-order valence-electron chi connectivity index (χ3n) is 2.33. The predicted molar refractivity (Wildman–Crippen MR) is 65.1 cm³/mol. The average molecular weight is 230 g/mol. The lowest BCUT2D eigenvalue weighted by atomic mass is 10.1. The summed E-state index contributed by atoms with van der Waals surface area (Å²) in [7, 11) is 0. The van der Waals surface area contributed by atoms with Crippen molar-refractivity contribution in [2.75, 3.05) is 5.32 Å². The monoisotopic (exact) mass is 230 g/mol. The van der Waals surface area contributed by atoms with Gasteiger partial charge in [-0.2, -0.15) is 0 Å². The molecule has 0 saturated carbocycles. The van der Waals surface area contributed by atoms with Crippen LogP contribution in [0.25, 0.3) is 0 Å². The molecule has 1 heterocycles. The molecule has 0 aliphatic heterocycles. The molecule has 0 atom stereocenters. The molecule has 4 heteroatoms. The molecule has 88 valence electrons. The SMILES string of the molecule is Cc1cc(C)cc(NC(=O)c2cc(C)no2)c1. The first-order chi connectivity index (χ1) is 8.04. The van der Waals surface area contributed by atoms with Gasteiger partial charge in [-0.25, -0.2) is 0 Å². The minimum atomic E-state index is -0.282. The first-order valence-corrected chi connectivity index (χ1v) is 5.37. The Kier molecular flexibility index (Phi) is 2.95. The molecular weight excluding hydrogens is 216 g/mol. The third-order valence-corrected chi connectivity index (χ3v) is 2.33. The van der Waals surface area contributed by atoms with E-state index in [1.165, 1.54) is 0 Å². The standard InChI is InChI=1S/C13H14N2O2/c1-8-4-9(2)6-11(5-8)14-13(16)12-7-10(3)15-17-12/h4-7H,1-3H3,(H,14,16). The smallest absolute Gasteiger partial charge is 0.294 e. The number of aromatic nitrogens is 1. The lowest BCUT2D eigenvalue weighted by Gasteiger charge is -2.05. The number of benzene rings is 1. The molecule has 0 saturated heterocycles. The number of anilines is 1. The van der Waals surface area contributed by atoms with Gasteiger partial charge in [0.15, 0.2) is 0 Å². The van der Waals surface area contributed by atoms with E-state index in [1.54, 1.807) is 13.0 Å². The molecule has 4 nitrogen and oxygen atoms in total. The fourth-order valence-electron chi connectivity index (χ4n) is 1.71. The fraction of sp³-hybridized carbons (Fsp3) is 0.231. The number of hydrogen-bond acceptors (Lipinski definition) is 3. The summed E-state index contributed by atoms with van der Waals surface area (Å²) in [5.41, 5.74) is 3.67. The number of amides is 1. The Labute approximate surface area is 99.6 Å². The second kappa shape index (κ2) is 4.41. The molecule has 1 amide bonds. The van der Waals surface area contributed by atoms with Crippen LogP contribution in [0.15, 0.2) is 28.8 Å². The van der Waals surface area contributed by atoms with Crippen molar-refractivity contribution in [2.45, 2.75) is 20.8 Å². The van der Waals surface area contributed by atoms with Gasteiger partial charge in [0.05, 0.1) is 5.69 Å². The molecule has 0 aliphatic rings. The van der Waals surface area contributed by atoms with Crippen molar-refractivity contribution in [3.05, 3.63) is 46.8 Å². The van der Waals surface area contributed by atoms with Crippen LogP contribution in [0.1, 0.15) is 27.4 Å². The van der Waals surface area contributed by atoms with Gasteiger partial charge >= 0.3 is 0 Å². The molecule has 1 N–H and O–H groups in total. The summed E-state index contributed by atoms with van der Waals surface area (Å²) in [4.78, 5) is 11.8. The van der Waals surface area contributed by atoms with E-state index in [9.17, 15) is 4.79 Å². The van der Waals surface area contributed by atoms with Crippen LogP contribution in [-0.2, 0) is 0 Å². The Morgan fingerprint density at radius 3 is 2.29 bits per heavy atom. The highest BCUT2D eigenvalue weighted by atomic mass is 16.5. The van der Waals surface area contributed by atoms with Crippen LogP contribution >= 0.6 is 0 Å². The Hall–Kier alpha value is -2.10. The van der Waals surface area contributed by atoms with E-state index in [2.05, 4.69) is 10.5 Å². The zero-order valence-corrected chi connectivity index (χ0v) is 10.1. The van der Waals surface area contributed by atoms with Gasteiger partial charge in [-0.05, 0) is 44.0 Å². The van der Waals surface area contributed by atoms with Crippen molar-refractivity contribution < 1.29 is 9.32 Å². The van der Waals surface area contributed by atoms with Gasteiger partial charge in [-0.15, -0.1) is 0 Å². The fourth-order valence-corrected chi connectivity index (χ4v) is 1.71. The number of nitrogens with one attached hydrogen (secondary N) is 1. The highest BCUT2D eigenvalue weighted by Crippen LogP contribution is 2.15. The van der Waals surface area contributed by atoms with Crippen molar-refractivity contribution in [1.82, 2.24) is 5.16 Å². The maximum atomic E-state index is 11.8. The minimum absolute atomic E-state index is 0.224. The second-order valence-electron chi connectivity index (χ2n) is 4.16. The minimum Gasteiger partial charge on any atom is -0.351 e. The molecule has 0 radical (unpaired) electrons. The molecule has 17 heavy (non-hydrogen) atoms. The van der Waals surface area contributed by atoms with Crippen molar-refractivity contribution in [3.63, 3.8) is 0 Å². The summed E-state index contributed by atoms with van der Waals surface area (Å²) < 4.78 is 4.90. The third kappa shape index (κ3) is 2.72. The van der Waals surface area contributed by atoms with Crippen molar-refractivity contribution >= 4 is 11.6 Å². The number of carbonyl (C=O) groups is 1. The van der Waals surface area contributed by atoms with Gasteiger partial charge in [-0.3, -0.25) is 4.79 Å². The lowest BCUT2D eigenvalue weighted by Crippen LogP contribution is -2.11. The lowest BCUT2D eigenvalue weighted by molar-refractivity contribution is 0.0988. The summed E-state index contributed by atoms with van der Waals surface area (Å²) >= 11 is 0. The topological polar surface area (TPSA) is 55.1 Å². The van der Waals surface area contributed by atoms with E-state index < -0.39 is 0 Å². The van der Waals surface area contributed by atoms with Crippen molar-refractivity contribution in [1.29, 1.82) is 0 Å². The van der Waals surface area contributed by atoms with E-state index in [0.29, 0.717) is 5.69 Å². The van der Waals surface area contributed by atoms with E-state index in [-0.39, 0.29) is 11.7 Å². The summed E-state index contributed by atoms with van der Waals surface area (Å²) in [6.45, 7) is 5.75. The Balaban J connectivity index is 2.18. The van der Waals surface area contributed by atoms with Gasteiger partial charge in [0.2, 0.25) is 5.76 Å². The van der Waals surface area contributed by atoms with Crippen LogP contribution in [0.2, 0.25) is 0 Å². The van der Waals surface area contributed by atoms with Crippen LogP contribution in [0.5, 0.6) is 0 Å². The summed E-state index contributed by atoms with van der Waals surface area (Å²) in [5.74, 6) is -0.0581. The summed E-state index contributed by atoms with van der Waals surface area (Å²) in [6.07, 6.45) is 0. The zero-order valence-electron chi connectivity index (χ0n) is 10.1. The van der Waals surface area contributed by atoms with Crippen LogP contribution < -0.4 is 5.32 Å². The van der Waals surface area contributed by atoms with Crippen LogP contribution in [0, 0.1) is 20.8 Å². The maximum absolute atomic E-state index is 11.8. The molecule has 0 aliphatic carbocycles. The van der Waals surface area contributed by atoms with E-state index in [1.807, 2.05) is 32.0 Å². The first kappa shape index (κ1) is 11.4. The highest BCUT2D eigenvalue weighted by molar-refractivity contribution is 6.02. The molecular formula is C13H14N2O2. The Bertz CT molecular complexity index is 538. The van der Waals surface area contributed by atoms with Gasteiger partial charge in [0, 0.05) is 11.8 Å². The molecule has 2 aromatic rings. The van der Waals surface area contributed by atoms with Gasteiger partial charge in [-0.1, -0.05) is 11.2 Å².